The lowest BCUT2D eigenvalue weighted by Crippen LogP contribution is -2.66. The highest BCUT2D eigenvalue weighted by molar-refractivity contribution is 5.68. The number of unbranched alkanes of at least 4 members (excludes halogenated alkanes) is 4. The normalized spacial score (nSPS) is 33.5. The van der Waals surface area contributed by atoms with Crippen LogP contribution >= 0.6 is 0 Å². The van der Waals surface area contributed by atoms with Crippen LogP contribution in [0, 0.1) is 11.8 Å². The molecule has 178 valence electrons. The predicted molar refractivity (Wildman–Crippen MR) is 118 cm³/mol. The Morgan fingerprint density at radius 2 is 1.68 bits per heavy atom. The van der Waals surface area contributed by atoms with Crippen molar-refractivity contribution in [1.29, 1.82) is 0 Å². The molecule has 0 aromatic heterocycles. The van der Waals surface area contributed by atoms with Crippen molar-refractivity contribution in [2.75, 3.05) is 33.5 Å². The van der Waals surface area contributed by atoms with E-state index in [2.05, 4.69) is 19.1 Å². The van der Waals surface area contributed by atoms with Crippen molar-refractivity contribution in [2.45, 2.75) is 95.5 Å². The SMILES string of the molecule is CCCCC12OCCOC1(C=C[C@H]1CCC[C@@H]1CCCCCCC(=O)OC)OCCO2. The summed E-state index contributed by atoms with van der Waals surface area (Å²) < 4.78 is 29.5. The van der Waals surface area contributed by atoms with Crippen molar-refractivity contribution in [3.63, 3.8) is 0 Å². The Bertz CT molecular complexity index is 562. The predicted octanol–water partition coefficient (Wildman–Crippen LogP) is 5.15. The van der Waals surface area contributed by atoms with E-state index < -0.39 is 11.6 Å². The molecule has 0 unspecified atom stereocenters. The Balaban J connectivity index is 1.54. The maximum Gasteiger partial charge on any atom is 0.305 e. The number of esters is 1. The first-order valence-corrected chi connectivity index (χ1v) is 12.5. The van der Waals surface area contributed by atoms with E-state index in [0.29, 0.717) is 44.7 Å². The van der Waals surface area contributed by atoms with E-state index in [1.165, 1.54) is 45.6 Å². The molecular weight excluding hydrogens is 396 g/mol. The summed E-state index contributed by atoms with van der Waals surface area (Å²) in [5.74, 6) is -0.557. The molecule has 0 bridgehead atoms. The van der Waals surface area contributed by atoms with E-state index in [0.717, 1.165) is 32.1 Å². The minimum atomic E-state index is -0.917. The summed E-state index contributed by atoms with van der Waals surface area (Å²) in [4.78, 5) is 11.2. The summed E-state index contributed by atoms with van der Waals surface area (Å²) in [6, 6.07) is 0. The lowest BCUT2D eigenvalue weighted by Gasteiger charge is -2.52. The van der Waals surface area contributed by atoms with E-state index in [1.807, 2.05) is 0 Å². The first kappa shape index (κ1) is 24.7. The highest BCUT2D eigenvalue weighted by atomic mass is 16.8. The monoisotopic (exact) mass is 438 g/mol. The molecule has 0 aromatic rings. The minimum absolute atomic E-state index is 0.0989. The quantitative estimate of drug-likeness (QED) is 0.239. The average Bonchev–Trinajstić information content (AvgIpc) is 3.25. The van der Waals surface area contributed by atoms with Crippen LogP contribution in [0.15, 0.2) is 12.2 Å². The van der Waals surface area contributed by atoms with Gasteiger partial charge in [0.05, 0.1) is 33.5 Å². The second kappa shape index (κ2) is 12.3. The second-order valence-electron chi connectivity index (χ2n) is 9.16. The van der Waals surface area contributed by atoms with E-state index in [9.17, 15) is 4.79 Å². The Morgan fingerprint density at radius 3 is 2.39 bits per heavy atom. The fourth-order valence-electron chi connectivity index (χ4n) is 5.31. The van der Waals surface area contributed by atoms with Crippen LogP contribution in [0.5, 0.6) is 0 Å². The van der Waals surface area contributed by atoms with Gasteiger partial charge in [-0.2, -0.15) is 0 Å². The number of rotatable bonds is 12. The van der Waals surface area contributed by atoms with Crippen molar-refractivity contribution in [3.05, 3.63) is 12.2 Å². The lowest BCUT2D eigenvalue weighted by molar-refractivity contribution is -0.448. The molecule has 3 fully saturated rings. The number of carbonyl (C=O) groups excluding carboxylic acids is 1. The van der Waals surface area contributed by atoms with Gasteiger partial charge in [0.1, 0.15) is 0 Å². The van der Waals surface area contributed by atoms with E-state index in [1.54, 1.807) is 0 Å². The summed E-state index contributed by atoms with van der Waals surface area (Å²) in [7, 11) is 1.46. The highest BCUT2D eigenvalue weighted by Crippen LogP contribution is 2.44. The molecule has 3 aliphatic rings. The van der Waals surface area contributed by atoms with Crippen LogP contribution in [-0.4, -0.2) is 51.1 Å². The first-order chi connectivity index (χ1) is 15.1. The summed E-state index contributed by atoms with van der Waals surface area (Å²) in [5.41, 5.74) is 0. The molecule has 6 heteroatoms. The number of fused-ring (bicyclic) bond motifs is 1. The van der Waals surface area contributed by atoms with Crippen LogP contribution in [0.3, 0.4) is 0 Å². The standard InChI is InChI=1S/C25H42O6/c1-3-4-15-24-25(30-19-17-28-24,31-20-18-29-24)16-14-22-12-9-11-21(22)10-7-5-6-8-13-23(26)27-2/h14,16,21-22H,3-13,15,17-20H2,1-2H3/t21-,22+,24?,25?/m0/s1. The molecular formula is C25H42O6. The molecule has 3 rings (SSSR count). The van der Waals surface area contributed by atoms with Gasteiger partial charge in [0, 0.05) is 12.8 Å². The Kier molecular flexibility index (Phi) is 9.82. The topological polar surface area (TPSA) is 63.2 Å². The van der Waals surface area contributed by atoms with Crippen LogP contribution in [0.4, 0.5) is 0 Å². The van der Waals surface area contributed by atoms with Gasteiger partial charge in [0.15, 0.2) is 0 Å². The van der Waals surface area contributed by atoms with Crippen LogP contribution in [-0.2, 0) is 28.5 Å². The molecule has 6 nitrogen and oxygen atoms in total. The van der Waals surface area contributed by atoms with Crippen molar-refractivity contribution < 1.29 is 28.5 Å². The molecule has 0 N–H and O–H groups in total. The number of ether oxygens (including phenoxy) is 5. The molecule has 0 aromatic carbocycles. The molecule has 2 heterocycles. The zero-order chi connectivity index (χ0) is 22.0. The zero-order valence-corrected chi connectivity index (χ0v) is 19.6. The van der Waals surface area contributed by atoms with Gasteiger partial charge in [0.25, 0.3) is 0 Å². The van der Waals surface area contributed by atoms with Gasteiger partial charge in [-0.05, 0) is 50.0 Å². The first-order valence-electron chi connectivity index (χ1n) is 12.5. The Morgan fingerprint density at radius 1 is 0.968 bits per heavy atom. The largest absolute Gasteiger partial charge is 0.469 e. The molecule has 1 saturated carbocycles. The van der Waals surface area contributed by atoms with Gasteiger partial charge >= 0.3 is 5.97 Å². The molecule has 2 atom stereocenters. The van der Waals surface area contributed by atoms with E-state index in [-0.39, 0.29) is 5.97 Å². The Labute approximate surface area is 188 Å². The zero-order valence-electron chi connectivity index (χ0n) is 19.6. The molecule has 1 aliphatic carbocycles. The van der Waals surface area contributed by atoms with Gasteiger partial charge in [0.2, 0.25) is 11.6 Å². The number of hydrogen-bond acceptors (Lipinski definition) is 6. The second-order valence-corrected chi connectivity index (χ2v) is 9.16. The van der Waals surface area contributed by atoms with Crippen LogP contribution in [0.25, 0.3) is 0 Å². The van der Waals surface area contributed by atoms with Crippen LogP contribution in [0.1, 0.15) is 84.0 Å². The molecule has 2 saturated heterocycles. The number of allylic oxidation sites excluding steroid dienone is 1. The van der Waals surface area contributed by atoms with Gasteiger partial charge < -0.3 is 23.7 Å². The van der Waals surface area contributed by atoms with E-state index >= 15 is 0 Å². The van der Waals surface area contributed by atoms with Crippen molar-refractivity contribution >= 4 is 5.97 Å². The van der Waals surface area contributed by atoms with Crippen LogP contribution < -0.4 is 0 Å². The molecule has 2 aliphatic heterocycles. The summed E-state index contributed by atoms with van der Waals surface area (Å²) in [5, 5.41) is 0. The summed E-state index contributed by atoms with van der Waals surface area (Å²) in [6.07, 6.45) is 17.4. The minimum Gasteiger partial charge on any atom is -0.469 e. The molecule has 0 spiro atoms. The maximum absolute atomic E-state index is 11.2. The summed E-state index contributed by atoms with van der Waals surface area (Å²) in [6.45, 7) is 4.33. The smallest absolute Gasteiger partial charge is 0.305 e. The van der Waals surface area contributed by atoms with E-state index in [4.69, 9.17) is 23.7 Å². The molecule has 0 radical (unpaired) electrons. The number of hydrogen-bond donors (Lipinski definition) is 0. The average molecular weight is 439 g/mol. The highest BCUT2D eigenvalue weighted by Gasteiger charge is 2.58. The van der Waals surface area contributed by atoms with Crippen LogP contribution in [0.2, 0.25) is 0 Å². The van der Waals surface area contributed by atoms with Crippen molar-refractivity contribution in [3.8, 4) is 0 Å². The lowest BCUT2D eigenvalue weighted by atomic mass is 9.88. The molecule has 0 amide bonds. The molecule has 31 heavy (non-hydrogen) atoms. The van der Waals surface area contributed by atoms with Gasteiger partial charge in [-0.1, -0.05) is 45.1 Å². The van der Waals surface area contributed by atoms with Crippen molar-refractivity contribution in [1.82, 2.24) is 0 Å². The van der Waals surface area contributed by atoms with Gasteiger partial charge in [-0.15, -0.1) is 0 Å². The fourth-order valence-corrected chi connectivity index (χ4v) is 5.31. The van der Waals surface area contributed by atoms with Gasteiger partial charge in [-0.25, -0.2) is 0 Å². The third kappa shape index (κ3) is 6.31. The van der Waals surface area contributed by atoms with Gasteiger partial charge in [-0.3, -0.25) is 4.79 Å². The third-order valence-electron chi connectivity index (χ3n) is 7.07. The number of methoxy groups -OCH3 is 1. The number of carbonyl (C=O) groups is 1. The van der Waals surface area contributed by atoms with Crippen molar-refractivity contribution in [2.24, 2.45) is 11.8 Å². The Hall–Kier alpha value is -0.950. The third-order valence-corrected chi connectivity index (χ3v) is 7.07. The fraction of sp³-hybridized carbons (Fsp3) is 0.880. The summed E-state index contributed by atoms with van der Waals surface area (Å²) >= 11 is 0. The maximum atomic E-state index is 11.2.